The van der Waals surface area contributed by atoms with Crippen molar-refractivity contribution in [3.05, 3.63) is 51.1 Å². The number of fused-ring (bicyclic) bond motifs is 1. The zero-order chi connectivity index (χ0) is 17.1. The zero-order valence-electron chi connectivity index (χ0n) is 13.5. The van der Waals surface area contributed by atoms with E-state index in [0.29, 0.717) is 5.56 Å². The maximum Gasteiger partial charge on any atom is 0.273 e. The predicted octanol–water partition coefficient (Wildman–Crippen LogP) is 2.15. The molecule has 24 heavy (non-hydrogen) atoms. The normalized spacial score (nSPS) is 13.9. The largest absolute Gasteiger partial charge is 0.345 e. The molecular weight excluding hydrogens is 310 g/mol. The van der Waals surface area contributed by atoms with Gasteiger partial charge in [0.25, 0.3) is 11.6 Å². The summed E-state index contributed by atoms with van der Waals surface area (Å²) >= 11 is 0. The van der Waals surface area contributed by atoms with Crippen LogP contribution in [0.1, 0.15) is 46.8 Å². The Bertz CT molecular complexity index is 784. The van der Waals surface area contributed by atoms with E-state index in [4.69, 9.17) is 0 Å². The van der Waals surface area contributed by atoms with Crippen LogP contribution in [0, 0.1) is 17.0 Å². The van der Waals surface area contributed by atoms with Crippen LogP contribution in [-0.4, -0.2) is 25.6 Å². The Kier molecular flexibility index (Phi) is 4.54. The summed E-state index contributed by atoms with van der Waals surface area (Å²) in [6.07, 6.45) is 4.26. The van der Waals surface area contributed by atoms with Gasteiger partial charge in [-0.3, -0.25) is 14.9 Å². The number of aromatic nitrogens is 3. The molecular formula is C16H19N5O3. The molecule has 3 rings (SSSR count). The summed E-state index contributed by atoms with van der Waals surface area (Å²) in [5.74, 6) is 1.33. The number of benzene rings is 1. The number of aryl methyl sites for hydroxylation is 2. The quantitative estimate of drug-likeness (QED) is 0.684. The molecule has 8 heteroatoms. The lowest BCUT2D eigenvalue weighted by molar-refractivity contribution is -0.385. The molecule has 8 nitrogen and oxygen atoms in total. The molecule has 2 aromatic rings. The van der Waals surface area contributed by atoms with Gasteiger partial charge in [0.2, 0.25) is 0 Å². The Balaban J connectivity index is 1.71. The second kappa shape index (κ2) is 6.77. The molecule has 0 saturated heterocycles. The molecule has 0 radical (unpaired) electrons. The molecule has 0 spiro atoms. The van der Waals surface area contributed by atoms with Crippen molar-refractivity contribution < 1.29 is 9.72 Å². The molecule has 2 heterocycles. The number of amides is 1. The van der Waals surface area contributed by atoms with Crippen LogP contribution < -0.4 is 5.32 Å². The minimum Gasteiger partial charge on any atom is -0.345 e. The lowest BCUT2D eigenvalue weighted by Crippen LogP contribution is -2.25. The van der Waals surface area contributed by atoms with Crippen LogP contribution in [0.3, 0.4) is 0 Å². The Morgan fingerprint density at radius 3 is 2.96 bits per heavy atom. The van der Waals surface area contributed by atoms with Crippen molar-refractivity contribution in [2.45, 2.75) is 45.7 Å². The number of nitro benzene ring substituents is 1. The third-order valence-corrected chi connectivity index (χ3v) is 4.26. The van der Waals surface area contributed by atoms with E-state index in [0.717, 1.165) is 37.5 Å². The molecule has 0 bridgehead atoms. The van der Waals surface area contributed by atoms with E-state index in [-0.39, 0.29) is 23.7 Å². The topological polar surface area (TPSA) is 103 Å². The molecule has 0 atom stereocenters. The van der Waals surface area contributed by atoms with Gasteiger partial charge in [-0.1, -0.05) is 12.5 Å². The molecule has 0 saturated carbocycles. The van der Waals surface area contributed by atoms with Crippen molar-refractivity contribution >= 4 is 11.6 Å². The average Bonchev–Trinajstić information content (AvgIpc) is 2.79. The fraction of sp³-hybridized carbons (Fsp3) is 0.438. The van der Waals surface area contributed by atoms with E-state index >= 15 is 0 Å². The van der Waals surface area contributed by atoms with Crippen molar-refractivity contribution in [1.29, 1.82) is 0 Å². The summed E-state index contributed by atoms with van der Waals surface area (Å²) in [6, 6.07) is 4.47. The van der Waals surface area contributed by atoms with E-state index < -0.39 is 4.92 Å². The van der Waals surface area contributed by atoms with Crippen molar-refractivity contribution in [2.24, 2.45) is 0 Å². The number of carbonyl (C=O) groups is 1. The van der Waals surface area contributed by atoms with Gasteiger partial charge in [-0.25, -0.2) is 0 Å². The first-order chi connectivity index (χ1) is 11.6. The molecule has 1 aromatic heterocycles. The third-order valence-electron chi connectivity index (χ3n) is 4.26. The number of rotatable bonds is 4. The number of hydrogen-bond acceptors (Lipinski definition) is 5. The Hall–Kier alpha value is -2.77. The van der Waals surface area contributed by atoms with E-state index in [9.17, 15) is 14.9 Å². The van der Waals surface area contributed by atoms with Crippen LogP contribution in [0.2, 0.25) is 0 Å². The maximum absolute atomic E-state index is 12.3. The van der Waals surface area contributed by atoms with E-state index in [2.05, 4.69) is 20.1 Å². The molecule has 0 unspecified atom stereocenters. The molecule has 1 aliphatic heterocycles. The van der Waals surface area contributed by atoms with Crippen LogP contribution in [0.25, 0.3) is 0 Å². The lowest BCUT2D eigenvalue weighted by Gasteiger charge is -2.08. The van der Waals surface area contributed by atoms with E-state index in [1.54, 1.807) is 19.1 Å². The summed E-state index contributed by atoms with van der Waals surface area (Å²) in [6.45, 7) is 2.77. The lowest BCUT2D eigenvalue weighted by atomic mass is 10.1. The first kappa shape index (κ1) is 16.1. The van der Waals surface area contributed by atoms with Crippen molar-refractivity contribution in [3.63, 3.8) is 0 Å². The minimum atomic E-state index is -0.482. The third kappa shape index (κ3) is 3.27. The number of hydrogen-bond donors (Lipinski definition) is 1. The summed E-state index contributed by atoms with van der Waals surface area (Å²) in [5.41, 5.74) is 0.737. The Morgan fingerprint density at radius 1 is 1.33 bits per heavy atom. The molecule has 1 aromatic carbocycles. The zero-order valence-corrected chi connectivity index (χ0v) is 13.5. The van der Waals surface area contributed by atoms with Gasteiger partial charge >= 0.3 is 0 Å². The van der Waals surface area contributed by atoms with Crippen LogP contribution in [0.15, 0.2) is 18.2 Å². The molecule has 126 valence electrons. The van der Waals surface area contributed by atoms with Gasteiger partial charge in [-0.2, -0.15) is 0 Å². The van der Waals surface area contributed by atoms with Crippen LogP contribution in [-0.2, 0) is 19.5 Å². The van der Waals surface area contributed by atoms with Crippen molar-refractivity contribution in [1.82, 2.24) is 20.1 Å². The monoisotopic (exact) mass is 329 g/mol. The van der Waals surface area contributed by atoms with Gasteiger partial charge in [-0.15, -0.1) is 10.2 Å². The SMILES string of the molecule is Cc1ccc(C(=O)NCc2nnc3n2CCCCC3)cc1[N+](=O)[O-]. The van der Waals surface area contributed by atoms with Crippen LogP contribution >= 0.6 is 0 Å². The smallest absolute Gasteiger partial charge is 0.273 e. The summed E-state index contributed by atoms with van der Waals surface area (Å²) in [7, 11) is 0. The second-order valence-electron chi connectivity index (χ2n) is 5.94. The molecule has 0 aliphatic carbocycles. The summed E-state index contributed by atoms with van der Waals surface area (Å²) in [4.78, 5) is 22.8. The minimum absolute atomic E-state index is 0.0565. The van der Waals surface area contributed by atoms with Crippen LogP contribution in [0.5, 0.6) is 0 Å². The van der Waals surface area contributed by atoms with Gasteiger partial charge in [0.1, 0.15) is 5.82 Å². The number of nitro groups is 1. The molecule has 1 aliphatic rings. The first-order valence-corrected chi connectivity index (χ1v) is 8.00. The van der Waals surface area contributed by atoms with Gasteiger partial charge in [-0.05, 0) is 25.8 Å². The Morgan fingerprint density at radius 2 is 2.17 bits per heavy atom. The standard InChI is InChI=1S/C16H19N5O3/c1-11-6-7-12(9-13(11)21(23)24)16(22)17-10-15-19-18-14-5-3-2-4-8-20(14)15/h6-7,9H,2-5,8,10H2,1H3,(H,17,22). The second-order valence-corrected chi connectivity index (χ2v) is 5.94. The van der Waals surface area contributed by atoms with Crippen molar-refractivity contribution in [3.8, 4) is 0 Å². The van der Waals surface area contributed by atoms with Gasteiger partial charge in [0, 0.05) is 30.2 Å². The Labute approximate surface area is 139 Å². The fourth-order valence-corrected chi connectivity index (χ4v) is 2.88. The molecule has 0 fully saturated rings. The highest BCUT2D eigenvalue weighted by molar-refractivity contribution is 5.94. The number of nitrogens with zero attached hydrogens (tertiary/aromatic N) is 4. The highest BCUT2D eigenvalue weighted by Crippen LogP contribution is 2.19. The average molecular weight is 329 g/mol. The number of nitrogens with one attached hydrogen (secondary N) is 1. The van der Waals surface area contributed by atoms with E-state index in [1.165, 1.54) is 12.5 Å². The first-order valence-electron chi connectivity index (χ1n) is 8.00. The molecule has 1 amide bonds. The highest BCUT2D eigenvalue weighted by Gasteiger charge is 2.17. The van der Waals surface area contributed by atoms with Crippen LogP contribution in [0.4, 0.5) is 5.69 Å². The molecule has 1 N–H and O–H groups in total. The summed E-state index contributed by atoms with van der Waals surface area (Å²) in [5, 5.41) is 22.1. The van der Waals surface area contributed by atoms with Gasteiger partial charge < -0.3 is 9.88 Å². The maximum atomic E-state index is 12.3. The van der Waals surface area contributed by atoms with E-state index in [1.807, 2.05) is 0 Å². The predicted molar refractivity (Wildman–Crippen MR) is 86.6 cm³/mol. The highest BCUT2D eigenvalue weighted by atomic mass is 16.6. The van der Waals surface area contributed by atoms with Gasteiger partial charge in [0.15, 0.2) is 5.82 Å². The summed E-state index contributed by atoms with van der Waals surface area (Å²) < 4.78 is 2.06. The number of carbonyl (C=O) groups excluding carboxylic acids is 1. The fourth-order valence-electron chi connectivity index (χ4n) is 2.88. The van der Waals surface area contributed by atoms with Gasteiger partial charge in [0.05, 0.1) is 11.5 Å². The van der Waals surface area contributed by atoms with Crippen molar-refractivity contribution in [2.75, 3.05) is 0 Å².